The van der Waals surface area contributed by atoms with E-state index < -0.39 is 23.0 Å². The van der Waals surface area contributed by atoms with Crippen LogP contribution in [0.5, 0.6) is 0 Å². The zero-order valence-electron chi connectivity index (χ0n) is 14.1. The van der Waals surface area contributed by atoms with Gasteiger partial charge in [0.15, 0.2) is 0 Å². The highest BCUT2D eigenvalue weighted by Crippen LogP contribution is 2.50. The van der Waals surface area contributed by atoms with Crippen molar-refractivity contribution in [1.82, 2.24) is 0 Å². The van der Waals surface area contributed by atoms with E-state index in [-0.39, 0.29) is 11.1 Å². The first-order valence-electron chi connectivity index (χ1n) is 7.81. The summed E-state index contributed by atoms with van der Waals surface area (Å²) in [6, 6.07) is 12.6. The maximum atomic E-state index is 13.6. The van der Waals surface area contributed by atoms with Gasteiger partial charge in [0.25, 0.3) is 0 Å². The monoisotopic (exact) mass is 379 g/mol. The van der Waals surface area contributed by atoms with Crippen LogP contribution in [0.1, 0.15) is 23.3 Å². The Morgan fingerprint density at radius 1 is 1.12 bits per heavy atom. The van der Waals surface area contributed by atoms with Crippen molar-refractivity contribution in [1.29, 1.82) is 0 Å². The van der Waals surface area contributed by atoms with E-state index in [9.17, 15) is 18.0 Å². The number of para-hydroxylation sites is 1. The zero-order chi connectivity index (χ0) is 18.9. The molecule has 1 heterocycles. The van der Waals surface area contributed by atoms with Crippen molar-refractivity contribution in [3.63, 3.8) is 0 Å². The molecule has 0 saturated heterocycles. The number of esters is 1. The summed E-state index contributed by atoms with van der Waals surface area (Å²) in [6.07, 6.45) is -4.52. The average Bonchev–Trinajstić information content (AvgIpc) is 2.76. The van der Waals surface area contributed by atoms with Crippen LogP contribution < -0.4 is 5.32 Å². The number of allylic oxidation sites excluding steroid dienone is 1. The second-order valence-electron chi connectivity index (χ2n) is 5.73. The SMILES string of the molecule is COC(=O)C1=C(C)Nc2ccccc2SC1c1ccccc1C(F)(F)F. The van der Waals surface area contributed by atoms with Crippen molar-refractivity contribution in [3.8, 4) is 0 Å². The molecule has 1 aliphatic rings. The van der Waals surface area contributed by atoms with Crippen molar-refractivity contribution in [2.45, 2.75) is 23.2 Å². The fourth-order valence-corrected chi connectivity index (χ4v) is 4.28. The number of carbonyl (C=O) groups excluding carboxylic acids is 1. The van der Waals surface area contributed by atoms with E-state index in [2.05, 4.69) is 5.32 Å². The second-order valence-corrected chi connectivity index (χ2v) is 6.88. The molecule has 1 unspecified atom stereocenters. The van der Waals surface area contributed by atoms with Gasteiger partial charge in [0.05, 0.1) is 29.2 Å². The molecule has 0 aliphatic carbocycles. The van der Waals surface area contributed by atoms with Crippen LogP contribution in [0.25, 0.3) is 0 Å². The normalized spacial score (nSPS) is 17.2. The van der Waals surface area contributed by atoms with Crippen LogP contribution in [0.15, 0.2) is 64.7 Å². The molecule has 0 spiro atoms. The Kier molecular flexibility index (Phi) is 5.00. The Morgan fingerprint density at radius 2 is 1.77 bits per heavy atom. The third kappa shape index (κ3) is 3.44. The van der Waals surface area contributed by atoms with Crippen molar-refractivity contribution < 1.29 is 22.7 Å². The molecule has 0 amide bonds. The molecule has 7 heteroatoms. The number of hydrogen-bond acceptors (Lipinski definition) is 4. The van der Waals surface area contributed by atoms with E-state index in [0.29, 0.717) is 5.70 Å². The highest BCUT2D eigenvalue weighted by atomic mass is 32.2. The highest BCUT2D eigenvalue weighted by molar-refractivity contribution is 8.00. The molecule has 0 saturated carbocycles. The number of ether oxygens (including phenoxy) is 1. The third-order valence-electron chi connectivity index (χ3n) is 4.07. The van der Waals surface area contributed by atoms with Crippen LogP contribution in [0, 0.1) is 0 Å². The highest BCUT2D eigenvalue weighted by Gasteiger charge is 2.39. The molecule has 0 fully saturated rings. The Balaban J connectivity index is 2.23. The fourth-order valence-electron chi connectivity index (χ4n) is 2.90. The van der Waals surface area contributed by atoms with Crippen molar-refractivity contribution in [2.24, 2.45) is 0 Å². The smallest absolute Gasteiger partial charge is 0.416 e. The average molecular weight is 379 g/mol. The molecule has 0 radical (unpaired) electrons. The molecule has 2 aromatic carbocycles. The lowest BCUT2D eigenvalue weighted by molar-refractivity contribution is -0.139. The van der Waals surface area contributed by atoms with Gasteiger partial charge in [-0.05, 0) is 30.7 Å². The maximum absolute atomic E-state index is 13.6. The summed E-state index contributed by atoms with van der Waals surface area (Å²) in [4.78, 5) is 13.2. The van der Waals surface area contributed by atoms with Crippen molar-refractivity contribution in [2.75, 3.05) is 12.4 Å². The van der Waals surface area contributed by atoms with Gasteiger partial charge in [-0.2, -0.15) is 13.2 Å². The van der Waals surface area contributed by atoms with Crippen molar-refractivity contribution >= 4 is 23.4 Å². The van der Waals surface area contributed by atoms with Gasteiger partial charge in [-0.3, -0.25) is 0 Å². The van der Waals surface area contributed by atoms with Gasteiger partial charge in [0, 0.05) is 10.6 Å². The fraction of sp³-hybridized carbons (Fsp3) is 0.211. The van der Waals surface area contributed by atoms with Gasteiger partial charge in [0.2, 0.25) is 0 Å². The van der Waals surface area contributed by atoms with Gasteiger partial charge < -0.3 is 10.1 Å². The summed E-state index contributed by atoms with van der Waals surface area (Å²) in [5.41, 5.74) is 0.652. The van der Waals surface area contributed by atoms with Crippen LogP contribution in [-0.4, -0.2) is 13.1 Å². The lowest BCUT2D eigenvalue weighted by atomic mass is 9.97. The second kappa shape index (κ2) is 7.07. The Labute approximate surface area is 153 Å². The summed E-state index contributed by atoms with van der Waals surface area (Å²) < 4.78 is 45.5. The number of hydrogen-bond donors (Lipinski definition) is 1. The van der Waals surface area contributed by atoms with Gasteiger partial charge in [0.1, 0.15) is 0 Å². The third-order valence-corrected chi connectivity index (χ3v) is 5.41. The largest absolute Gasteiger partial charge is 0.466 e. The molecular weight excluding hydrogens is 363 g/mol. The summed E-state index contributed by atoms with van der Waals surface area (Å²) in [5, 5.41) is 2.27. The Morgan fingerprint density at radius 3 is 2.46 bits per heavy atom. The molecule has 136 valence electrons. The summed E-state index contributed by atoms with van der Waals surface area (Å²) in [6.45, 7) is 1.66. The lowest BCUT2D eigenvalue weighted by Gasteiger charge is -2.22. The van der Waals surface area contributed by atoms with Gasteiger partial charge in [-0.15, -0.1) is 11.8 Å². The molecule has 0 aromatic heterocycles. The number of alkyl halides is 3. The minimum absolute atomic E-state index is 0.0308. The number of methoxy groups -OCH3 is 1. The van der Waals surface area contributed by atoms with E-state index in [1.54, 1.807) is 19.1 Å². The van der Waals surface area contributed by atoms with E-state index in [4.69, 9.17) is 4.74 Å². The van der Waals surface area contributed by atoms with Crippen LogP contribution in [0.4, 0.5) is 18.9 Å². The van der Waals surface area contributed by atoms with Crippen molar-refractivity contribution in [3.05, 3.63) is 70.9 Å². The minimum Gasteiger partial charge on any atom is -0.466 e. The maximum Gasteiger partial charge on any atom is 0.416 e. The molecule has 2 aromatic rings. The topological polar surface area (TPSA) is 38.3 Å². The summed E-state index contributed by atoms with van der Waals surface area (Å²) >= 11 is 1.20. The minimum atomic E-state index is -4.52. The van der Waals surface area contributed by atoms with Crippen LogP contribution >= 0.6 is 11.8 Å². The van der Waals surface area contributed by atoms with E-state index in [1.807, 2.05) is 18.2 Å². The van der Waals surface area contributed by atoms with Gasteiger partial charge in [-0.25, -0.2) is 4.79 Å². The van der Waals surface area contributed by atoms with Gasteiger partial charge in [-0.1, -0.05) is 30.3 Å². The molecule has 26 heavy (non-hydrogen) atoms. The summed E-state index contributed by atoms with van der Waals surface area (Å²) in [7, 11) is 1.22. The standard InChI is InChI=1S/C19H16F3NO2S/c1-11-16(18(24)25-2)17(26-15-10-6-5-9-14(15)23-11)12-7-3-4-8-13(12)19(20,21)22/h3-10,17,23H,1-2H3. The van der Waals surface area contributed by atoms with E-state index in [0.717, 1.165) is 16.6 Å². The van der Waals surface area contributed by atoms with Crippen LogP contribution in [0.3, 0.4) is 0 Å². The van der Waals surface area contributed by atoms with Crippen LogP contribution in [-0.2, 0) is 15.7 Å². The van der Waals surface area contributed by atoms with Crippen LogP contribution in [0.2, 0.25) is 0 Å². The molecule has 3 rings (SSSR count). The Bertz CT molecular complexity index is 877. The molecule has 0 bridgehead atoms. The molecule has 1 N–H and O–H groups in total. The molecule has 3 nitrogen and oxygen atoms in total. The number of nitrogens with one attached hydrogen (secondary N) is 1. The number of benzene rings is 2. The first-order chi connectivity index (χ1) is 12.3. The Hall–Kier alpha value is -2.41. The lowest BCUT2D eigenvalue weighted by Crippen LogP contribution is -2.18. The number of carbonyl (C=O) groups is 1. The number of rotatable bonds is 2. The summed E-state index contributed by atoms with van der Waals surface area (Å²) in [5.74, 6) is -0.655. The van der Waals surface area contributed by atoms with E-state index in [1.165, 1.54) is 31.0 Å². The number of fused-ring (bicyclic) bond motifs is 1. The first-order valence-corrected chi connectivity index (χ1v) is 8.68. The molecule has 1 atom stereocenters. The van der Waals surface area contributed by atoms with Gasteiger partial charge >= 0.3 is 12.1 Å². The predicted octanol–water partition coefficient (Wildman–Crippen LogP) is 5.41. The zero-order valence-corrected chi connectivity index (χ0v) is 14.9. The number of thioether (sulfide) groups is 1. The van der Waals surface area contributed by atoms with E-state index >= 15 is 0 Å². The predicted molar refractivity (Wildman–Crippen MR) is 94.8 cm³/mol. The number of halogens is 3. The number of anilines is 1. The first kappa shape index (κ1) is 18.4. The molecule has 1 aliphatic heterocycles. The quantitative estimate of drug-likeness (QED) is 0.708. The molecular formula is C19H16F3NO2S.